The van der Waals surface area contributed by atoms with Gasteiger partial charge < -0.3 is 14.2 Å². The smallest absolute Gasteiger partial charge is 0.333 e. The van der Waals surface area contributed by atoms with Crippen LogP contribution < -0.4 is 0 Å². The number of ether oxygens (including phenoxy) is 3. The first-order valence-corrected chi connectivity index (χ1v) is 10.7. The summed E-state index contributed by atoms with van der Waals surface area (Å²) in [5.41, 5.74) is 1.06. The first-order valence-electron chi connectivity index (χ1n) is 10.7. The molecule has 0 aromatic heterocycles. The first-order chi connectivity index (χ1) is 14.1. The molecular weight excluding hydrogens is 384 g/mol. The van der Waals surface area contributed by atoms with E-state index in [1.165, 1.54) is 0 Å². The van der Waals surface area contributed by atoms with Crippen molar-refractivity contribution in [1.29, 1.82) is 0 Å². The van der Waals surface area contributed by atoms with E-state index in [9.17, 15) is 14.4 Å². The van der Waals surface area contributed by atoms with E-state index in [0.29, 0.717) is 41.4 Å². The molecule has 0 aromatic carbocycles. The van der Waals surface area contributed by atoms with Gasteiger partial charge in [-0.3, -0.25) is 0 Å². The molecule has 6 nitrogen and oxygen atoms in total. The topological polar surface area (TPSA) is 78.9 Å². The van der Waals surface area contributed by atoms with Gasteiger partial charge in [0.15, 0.2) is 0 Å². The number of rotatable bonds is 7. The van der Waals surface area contributed by atoms with Crippen LogP contribution in [0.1, 0.15) is 65.7 Å². The maximum absolute atomic E-state index is 12.1. The molecule has 0 N–H and O–H groups in total. The molecule has 0 saturated heterocycles. The summed E-state index contributed by atoms with van der Waals surface area (Å²) < 4.78 is 16.7. The Morgan fingerprint density at radius 2 is 1.03 bits per heavy atom. The van der Waals surface area contributed by atoms with Crippen molar-refractivity contribution in [2.24, 2.45) is 11.8 Å². The van der Waals surface area contributed by atoms with Crippen LogP contribution >= 0.6 is 0 Å². The average molecular weight is 419 g/mol. The van der Waals surface area contributed by atoms with Crippen LogP contribution in [0.15, 0.2) is 36.5 Å². The molecule has 0 aliphatic heterocycles. The van der Waals surface area contributed by atoms with Gasteiger partial charge in [-0.2, -0.15) is 0 Å². The highest BCUT2D eigenvalue weighted by Gasteiger charge is 2.40. The summed E-state index contributed by atoms with van der Waals surface area (Å²) in [5, 5.41) is 0. The maximum Gasteiger partial charge on any atom is 0.333 e. The molecule has 2 rings (SSSR count). The molecule has 0 aromatic rings. The van der Waals surface area contributed by atoms with Gasteiger partial charge in [0.2, 0.25) is 0 Å². The normalized spacial score (nSPS) is 28.7. The fourth-order valence-corrected chi connectivity index (χ4v) is 4.23. The van der Waals surface area contributed by atoms with Crippen molar-refractivity contribution < 1.29 is 28.6 Å². The minimum atomic E-state index is -0.491. The standard InChI is InChI=1S/C24H34O6/c1-14(2)22(25)28-19-10-7-17(8-11-19)18-9-12-20(29-23(26)15(3)4)21(13-18)30-24(27)16(5)6/h17-21H,1,3,5,7-13H2,2,4,6H3. The van der Waals surface area contributed by atoms with Crippen LogP contribution in [0, 0.1) is 11.8 Å². The van der Waals surface area contributed by atoms with Crippen LogP contribution in [0.5, 0.6) is 0 Å². The quantitative estimate of drug-likeness (QED) is 0.345. The van der Waals surface area contributed by atoms with E-state index in [2.05, 4.69) is 19.7 Å². The summed E-state index contributed by atoms with van der Waals surface area (Å²) >= 11 is 0. The lowest BCUT2D eigenvalue weighted by Gasteiger charge is -2.40. The molecule has 0 amide bonds. The van der Waals surface area contributed by atoms with Crippen molar-refractivity contribution >= 4 is 17.9 Å². The van der Waals surface area contributed by atoms with Crippen molar-refractivity contribution in [1.82, 2.24) is 0 Å². The van der Waals surface area contributed by atoms with E-state index in [4.69, 9.17) is 14.2 Å². The van der Waals surface area contributed by atoms with Gasteiger partial charge in [-0.15, -0.1) is 0 Å². The minimum absolute atomic E-state index is 0.0599. The lowest BCUT2D eigenvalue weighted by Crippen LogP contribution is -2.43. The van der Waals surface area contributed by atoms with Gasteiger partial charge in [-0.1, -0.05) is 19.7 Å². The van der Waals surface area contributed by atoms with Crippen molar-refractivity contribution in [3.05, 3.63) is 36.5 Å². The Bertz CT molecular complexity index is 713. The zero-order chi connectivity index (χ0) is 22.4. The van der Waals surface area contributed by atoms with Crippen molar-refractivity contribution in [3.63, 3.8) is 0 Å². The number of esters is 3. The average Bonchev–Trinajstić information content (AvgIpc) is 2.69. The lowest BCUT2D eigenvalue weighted by molar-refractivity contribution is -0.169. The summed E-state index contributed by atoms with van der Waals surface area (Å²) in [6, 6.07) is 0. The monoisotopic (exact) mass is 418 g/mol. The lowest BCUT2D eigenvalue weighted by atomic mass is 9.71. The number of carbonyl (C=O) groups excluding carboxylic acids is 3. The second-order valence-electron chi connectivity index (χ2n) is 8.74. The molecule has 3 unspecified atom stereocenters. The molecule has 0 bridgehead atoms. The van der Waals surface area contributed by atoms with Crippen LogP contribution in [0.2, 0.25) is 0 Å². The van der Waals surface area contributed by atoms with Gasteiger partial charge in [0.25, 0.3) is 0 Å². The predicted octanol–water partition coefficient (Wildman–Crippen LogP) is 4.44. The molecule has 6 heteroatoms. The Labute approximate surface area is 179 Å². The largest absolute Gasteiger partial charge is 0.459 e. The van der Waals surface area contributed by atoms with E-state index in [1.54, 1.807) is 20.8 Å². The molecule has 0 heterocycles. The molecule has 3 atom stereocenters. The summed E-state index contributed by atoms with van der Waals surface area (Å²) in [6.07, 6.45) is 4.72. The van der Waals surface area contributed by atoms with Crippen LogP contribution in [0.25, 0.3) is 0 Å². The Balaban J connectivity index is 1.97. The van der Waals surface area contributed by atoms with E-state index >= 15 is 0 Å². The Hall–Kier alpha value is -2.37. The van der Waals surface area contributed by atoms with Crippen LogP contribution in [-0.2, 0) is 28.6 Å². The highest BCUT2D eigenvalue weighted by molar-refractivity contribution is 5.88. The zero-order valence-electron chi connectivity index (χ0n) is 18.4. The Kier molecular flexibility index (Phi) is 8.44. The van der Waals surface area contributed by atoms with Crippen molar-refractivity contribution in [3.8, 4) is 0 Å². The third-order valence-electron chi connectivity index (χ3n) is 5.99. The summed E-state index contributed by atoms with van der Waals surface area (Å²) in [7, 11) is 0. The van der Waals surface area contributed by atoms with Crippen molar-refractivity contribution in [2.45, 2.75) is 84.0 Å². The Morgan fingerprint density at radius 3 is 1.53 bits per heavy atom. The zero-order valence-corrected chi connectivity index (χ0v) is 18.4. The molecule has 2 aliphatic rings. The van der Waals surface area contributed by atoms with Crippen LogP contribution in [0.4, 0.5) is 0 Å². The SMILES string of the molecule is C=C(C)C(=O)OC1CCC(C2CCC(OC(=O)C(=C)C)C(OC(=O)C(=C)C)C2)CC1. The summed E-state index contributed by atoms with van der Waals surface area (Å²) in [6.45, 7) is 15.7. The predicted molar refractivity (Wildman–Crippen MR) is 113 cm³/mol. The minimum Gasteiger partial charge on any atom is -0.459 e. The van der Waals surface area contributed by atoms with Gasteiger partial charge in [0.05, 0.1) is 0 Å². The van der Waals surface area contributed by atoms with Gasteiger partial charge in [0.1, 0.15) is 18.3 Å². The van der Waals surface area contributed by atoms with Crippen LogP contribution in [0.3, 0.4) is 0 Å². The fourth-order valence-electron chi connectivity index (χ4n) is 4.23. The highest BCUT2D eigenvalue weighted by atomic mass is 16.6. The number of hydrogen-bond donors (Lipinski definition) is 0. The number of carbonyl (C=O) groups is 3. The maximum atomic E-state index is 12.1. The summed E-state index contributed by atoms with van der Waals surface area (Å²) in [4.78, 5) is 35.9. The third-order valence-corrected chi connectivity index (χ3v) is 5.99. The fraction of sp³-hybridized carbons (Fsp3) is 0.625. The van der Waals surface area contributed by atoms with Crippen LogP contribution in [-0.4, -0.2) is 36.2 Å². The van der Waals surface area contributed by atoms with Gasteiger partial charge in [-0.05, 0) is 77.6 Å². The number of hydrogen-bond acceptors (Lipinski definition) is 6. The second-order valence-corrected chi connectivity index (χ2v) is 8.74. The van der Waals surface area contributed by atoms with Gasteiger partial charge in [0, 0.05) is 16.7 Å². The van der Waals surface area contributed by atoms with Gasteiger partial charge >= 0.3 is 17.9 Å². The van der Waals surface area contributed by atoms with Gasteiger partial charge in [-0.25, -0.2) is 14.4 Å². The van der Waals surface area contributed by atoms with E-state index in [-0.39, 0.29) is 12.1 Å². The van der Waals surface area contributed by atoms with E-state index in [1.807, 2.05) is 0 Å². The first kappa shape index (κ1) is 23.9. The Morgan fingerprint density at radius 1 is 0.600 bits per heavy atom. The highest BCUT2D eigenvalue weighted by Crippen LogP contribution is 2.41. The molecule has 2 saturated carbocycles. The molecule has 30 heavy (non-hydrogen) atoms. The molecule has 0 radical (unpaired) electrons. The van der Waals surface area contributed by atoms with E-state index in [0.717, 1.165) is 32.1 Å². The molecule has 166 valence electrons. The molecular formula is C24H34O6. The molecule has 2 aliphatic carbocycles. The second kappa shape index (κ2) is 10.6. The summed E-state index contributed by atoms with van der Waals surface area (Å²) in [5.74, 6) is -0.425. The molecule has 0 spiro atoms. The molecule has 2 fully saturated rings. The van der Waals surface area contributed by atoms with Crippen molar-refractivity contribution in [2.75, 3.05) is 0 Å². The van der Waals surface area contributed by atoms with E-state index < -0.39 is 24.1 Å². The third kappa shape index (κ3) is 6.57.